The first-order valence-electron chi connectivity index (χ1n) is 13.9. The fourth-order valence-corrected chi connectivity index (χ4v) is 6.22. The lowest BCUT2D eigenvalue weighted by atomic mass is 9.98. The zero-order valence-corrected chi connectivity index (χ0v) is 25.0. The van der Waals surface area contributed by atoms with E-state index in [2.05, 4.69) is 32.9 Å². The molecule has 1 N–H and O–H groups in total. The summed E-state index contributed by atoms with van der Waals surface area (Å²) in [6, 6.07) is 3.60. The number of H-pyrrole nitrogens is 1. The Morgan fingerprint density at radius 1 is 1.37 bits per heavy atom. The third kappa shape index (κ3) is 5.13. The van der Waals surface area contributed by atoms with Crippen molar-refractivity contribution in [3.63, 3.8) is 0 Å². The highest BCUT2D eigenvalue weighted by atomic mass is 35.5. The largest absolute Gasteiger partial charge is 0.430 e. The van der Waals surface area contributed by atoms with Gasteiger partial charge in [-0.3, -0.25) is 9.89 Å². The van der Waals surface area contributed by atoms with Crippen molar-refractivity contribution >= 4 is 62.8 Å². The van der Waals surface area contributed by atoms with Gasteiger partial charge in [0.15, 0.2) is 5.56 Å². The van der Waals surface area contributed by atoms with E-state index < -0.39 is 17.5 Å². The number of aromatic nitrogens is 2. The van der Waals surface area contributed by atoms with Crippen molar-refractivity contribution in [3.05, 3.63) is 35.3 Å². The quantitative estimate of drug-likeness (QED) is 0.288. The van der Waals surface area contributed by atoms with Gasteiger partial charge < -0.3 is 19.5 Å². The number of anilines is 2. The first-order valence-corrected chi connectivity index (χ1v) is 14.3. The number of rotatable bonds is 6. The fourth-order valence-electron chi connectivity index (χ4n) is 6.14. The van der Waals surface area contributed by atoms with E-state index in [1.165, 1.54) is 24.9 Å². The highest BCUT2D eigenvalue weighted by Gasteiger charge is 2.42. The number of aliphatic imine (C=N–C) groups is 1. The predicted octanol–water partition coefficient (Wildman–Crippen LogP) is 5.91. The average molecular weight is 580 g/mol. The zero-order chi connectivity index (χ0) is 29.6. The Kier molecular flexibility index (Phi) is 7.95. The molecular formula is C30H35ClFN7O2. The van der Waals surface area contributed by atoms with Crippen LogP contribution in [-0.2, 0) is 4.74 Å². The summed E-state index contributed by atoms with van der Waals surface area (Å²) in [7, 11) is 3.61. The van der Waals surface area contributed by atoms with Crippen molar-refractivity contribution in [2.45, 2.75) is 51.8 Å². The molecule has 41 heavy (non-hydrogen) atoms. The number of nitrogens with zero attached hydrogens (tertiary/aromatic N) is 6. The Balaban J connectivity index is 1.85. The lowest BCUT2D eigenvalue weighted by Gasteiger charge is -2.29. The highest BCUT2D eigenvalue weighted by Crippen LogP contribution is 2.46. The Bertz CT molecular complexity index is 1610. The number of alkyl halides is 1. The van der Waals surface area contributed by atoms with Gasteiger partial charge in [0.05, 0.1) is 27.8 Å². The van der Waals surface area contributed by atoms with Gasteiger partial charge in [-0.2, -0.15) is 5.26 Å². The molecular weight excluding hydrogens is 545 g/mol. The molecule has 3 atom stereocenters. The molecule has 5 rings (SSSR count). The highest BCUT2D eigenvalue weighted by molar-refractivity contribution is 6.23. The van der Waals surface area contributed by atoms with Crippen LogP contribution >= 0.6 is 11.6 Å². The van der Waals surface area contributed by atoms with Crippen LogP contribution in [0.15, 0.2) is 23.3 Å². The van der Waals surface area contributed by atoms with Crippen molar-refractivity contribution in [2.75, 3.05) is 43.5 Å². The number of halogens is 2. The van der Waals surface area contributed by atoms with E-state index in [0.717, 1.165) is 42.9 Å². The first-order chi connectivity index (χ1) is 19.5. The second-order valence-corrected chi connectivity index (χ2v) is 11.7. The maximum Gasteiger partial charge on any atom is 0.415 e. The number of benzene rings is 1. The summed E-state index contributed by atoms with van der Waals surface area (Å²) in [5.41, 5.74) is 2.79. The molecule has 2 fully saturated rings. The Hall–Kier alpha value is -3.68. The molecule has 0 radical (unpaired) electrons. The van der Waals surface area contributed by atoms with Gasteiger partial charge in [0, 0.05) is 68.2 Å². The molecule has 3 aromatic rings. The Morgan fingerprint density at radius 2 is 2.12 bits per heavy atom. The minimum Gasteiger partial charge on any atom is -0.430 e. The molecule has 2 aliphatic heterocycles. The number of pyridine rings is 1. The Morgan fingerprint density at radius 3 is 2.78 bits per heavy atom. The molecule has 0 aliphatic carbocycles. The lowest BCUT2D eigenvalue weighted by molar-refractivity contribution is 0.147. The summed E-state index contributed by atoms with van der Waals surface area (Å²) in [6.45, 7) is 10.2. The van der Waals surface area contributed by atoms with Crippen molar-refractivity contribution in [1.82, 2.24) is 14.9 Å². The number of aromatic amines is 1. The van der Waals surface area contributed by atoms with Gasteiger partial charge in [-0.15, -0.1) is 0 Å². The predicted molar refractivity (Wildman–Crippen MR) is 162 cm³/mol. The number of ether oxygens (including phenoxy) is 1. The van der Waals surface area contributed by atoms with Gasteiger partial charge in [0.1, 0.15) is 17.5 Å². The molecule has 2 aromatic heterocycles. The maximum atomic E-state index is 15.7. The smallest absolute Gasteiger partial charge is 0.415 e. The van der Waals surface area contributed by atoms with Crippen LogP contribution in [0.1, 0.15) is 45.2 Å². The minimum atomic E-state index is -0.873. The monoisotopic (exact) mass is 579 g/mol. The second-order valence-electron chi connectivity index (χ2n) is 11.1. The molecule has 1 aromatic carbocycles. The molecule has 4 heterocycles. The number of carbonyl (C=O) groups is 1. The number of fused-ring (bicyclic) bond motifs is 4. The van der Waals surface area contributed by atoms with Crippen LogP contribution in [0.5, 0.6) is 0 Å². The standard InChI is InChI=1S/C30H35ClFN7O2/c1-7-18(12-34-16(2)3)21-13-35-29-26(28(21)39-9-8-19-14-37(5)15-24(19)39)25-20(11-33)22(32)10-23(27(25)36-29)38(6)30(40)41-17(4)31/h7,10,12-13,16-17,19,24H,8-9,14-15H2,1-6H3,(H,35,36)/b18-7+,34-12?/t17?,19-,24+/m0/s1. The number of carbonyl (C=O) groups excluding carboxylic acids is 1. The van der Waals surface area contributed by atoms with Crippen molar-refractivity contribution < 1.29 is 13.9 Å². The number of hydrogen-bond acceptors (Lipinski definition) is 7. The SMILES string of the molecule is C/C=C(\C=NC(C)C)c1cnc2[nH]c3c(N(C)C(=O)OC(C)Cl)cc(F)c(C#N)c3c2c1N1CC[C@H]2CN(C)C[C@H]21. The number of nitrogens with one attached hydrogen (secondary N) is 1. The third-order valence-electron chi connectivity index (χ3n) is 7.96. The topological polar surface area (TPSA) is 101 Å². The van der Waals surface area contributed by atoms with Gasteiger partial charge in [-0.05, 0) is 52.7 Å². The zero-order valence-electron chi connectivity index (χ0n) is 24.2. The first kappa shape index (κ1) is 28.8. The second kappa shape index (κ2) is 11.3. The van der Waals surface area contributed by atoms with Gasteiger partial charge in [-0.25, -0.2) is 14.2 Å². The molecule has 0 saturated carbocycles. The number of likely N-dealkylation sites (tertiary alicyclic amines) is 1. The summed E-state index contributed by atoms with van der Waals surface area (Å²) in [6.07, 6.45) is 5.95. The molecule has 0 bridgehead atoms. The van der Waals surface area contributed by atoms with Crippen molar-refractivity contribution in [1.29, 1.82) is 5.26 Å². The van der Waals surface area contributed by atoms with Crippen LogP contribution in [0.4, 0.5) is 20.6 Å². The van der Waals surface area contributed by atoms with Crippen molar-refractivity contribution in [3.8, 4) is 6.07 Å². The summed E-state index contributed by atoms with van der Waals surface area (Å²) in [5.74, 6) is -0.237. The number of amides is 1. The van der Waals surface area contributed by atoms with Gasteiger partial charge in [0.2, 0.25) is 0 Å². The normalized spacial score (nSPS) is 20.4. The van der Waals surface area contributed by atoms with Gasteiger partial charge in [0.25, 0.3) is 0 Å². The Labute approximate surface area is 244 Å². The van der Waals surface area contributed by atoms with Crippen LogP contribution in [0.2, 0.25) is 0 Å². The molecule has 11 heteroatoms. The van der Waals surface area contributed by atoms with Gasteiger partial charge in [-0.1, -0.05) is 17.7 Å². The summed E-state index contributed by atoms with van der Waals surface area (Å²) >= 11 is 5.89. The van der Waals surface area contributed by atoms with Crippen LogP contribution in [-0.4, -0.2) is 78.6 Å². The van der Waals surface area contributed by atoms with Crippen LogP contribution < -0.4 is 9.80 Å². The third-order valence-corrected chi connectivity index (χ3v) is 8.05. The minimum absolute atomic E-state index is 0.102. The van der Waals surface area contributed by atoms with Gasteiger partial charge >= 0.3 is 6.09 Å². The molecule has 0 spiro atoms. The number of hydrogen-bond donors (Lipinski definition) is 1. The summed E-state index contributed by atoms with van der Waals surface area (Å²) in [4.78, 5) is 31.4. The van der Waals surface area contributed by atoms with E-state index in [4.69, 9.17) is 21.3 Å². The summed E-state index contributed by atoms with van der Waals surface area (Å²) < 4.78 is 20.8. The molecule has 1 unspecified atom stereocenters. The lowest BCUT2D eigenvalue weighted by Crippen LogP contribution is -2.35. The van der Waals surface area contributed by atoms with E-state index in [-0.39, 0.29) is 23.3 Å². The van der Waals surface area contributed by atoms with E-state index in [1.54, 1.807) is 0 Å². The van der Waals surface area contributed by atoms with Crippen LogP contribution in [0.3, 0.4) is 0 Å². The van der Waals surface area contributed by atoms with E-state index in [0.29, 0.717) is 27.9 Å². The molecule has 2 saturated heterocycles. The number of nitriles is 1. The molecule has 216 valence electrons. The number of allylic oxidation sites excluding steroid dienone is 2. The molecule has 1 amide bonds. The van der Waals surface area contributed by atoms with Crippen LogP contribution in [0, 0.1) is 23.1 Å². The van der Waals surface area contributed by atoms with E-state index in [9.17, 15) is 10.1 Å². The van der Waals surface area contributed by atoms with Crippen LogP contribution in [0.25, 0.3) is 27.5 Å². The fraction of sp³-hybridized carbons (Fsp3) is 0.467. The molecule has 9 nitrogen and oxygen atoms in total. The maximum absolute atomic E-state index is 15.7. The number of likely N-dealkylation sites (N-methyl/N-ethyl adjacent to an activating group) is 1. The average Bonchev–Trinajstić information content (AvgIpc) is 3.60. The van der Waals surface area contributed by atoms with Crippen molar-refractivity contribution in [2.24, 2.45) is 10.9 Å². The molecule has 2 aliphatic rings. The summed E-state index contributed by atoms with van der Waals surface area (Å²) in [5, 5.41) is 11.2. The van der Waals surface area contributed by atoms with E-state index >= 15 is 4.39 Å². The van der Waals surface area contributed by atoms with E-state index in [1.807, 2.05) is 39.3 Å².